The molecule has 0 fully saturated rings. The van der Waals surface area contributed by atoms with Crippen LogP contribution in [0.2, 0.25) is 10.0 Å². The van der Waals surface area contributed by atoms with Gasteiger partial charge < -0.3 is 0 Å². The summed E-state index contributed by atoms with van der Waals surface area (Å²) in [5.74, 6) is 0.253. The zero-order valence-electron chi connectivity index (χ0n) is 14.3. The van der Waals surface area contributed by atoms with E-state index in [1.807, 2.05) is 28.8 Å². The van der Waals surface area contributed by atoms with E-state index < -0.39 is 0 Å². The van der Waals surface area contributed by atoms with Gasteiger partial charge in [-0.1, -0.05) is 35.3 Å². The summed E-state index contributed by atoms with van der Waals surface area (Å²) in [5, 5.41) is 0.978. The molecule has 0 amide bonds. The largest absolute Gasteiger partial charge is 0.275 e. The maximum Gasteiger partial charge on any atom is 0.199 e. The third kappa shape index (κ3) is 2.89. The van der Waals surface area contributed by atoms with Gasteiger partial charge >= 0.3 is 0 Å². The molecule has 0 aliphatic carbocycles. The Kier molecular flexibility index (Phi) is 4.00. The number of imidazole rings is 1. The second-order valence-electron chi connectivity index (χ2n) is 6.26. The molecule has 2 heterocycles. The highest BCUT2D eigenvalue weighted by atomic mass is 35.5. The van der Waals surface area contributed by atoms with E-state index in [2.05, 4.69) is 9.97 Å². The van der Waals surface area contributed by atoms with Crippen molar-refractivity contribution in [3.05, 3.63) is 82.6 Å². The molecule has 0 aliphatic rings. The lowest BCUT2D eigenvalue weighted by Gasteiger charge is -2.10. The lowest BCUT2D eigenvalue weighted by atomic mass is 10.2. The fourth-order valence-electron chi connectivity index (χ4n) is 3.16. The Morgan fingerprint density at radius 2 is 1.39 bits per heavy atom. The minimum atomic E-state index is -0.320. The van der Waals surface area contributed by atoms with Crippen LogP contribution in [0.3, 0.4) is 0 Å². The van der Waals surface area contributed by atoms with Gasteiger partial charge in [-0.25, -0.2) is 19.3 Å². The molecule has 0 aliphatic heterocycles. The van der Waals surface area contributed by atoms with E-state index in [9.17, 15) is 4.39 Å². The molecule has 28 heavy (non-hydrogen) atoms. The number of nitrogens with zero attached hydrogens (tertiary/aromatic N) is 4. The predicted molar refractivity (Wildman–Crippen MR) is 110 cm³/mol. The van der Waals surface area contributed by atoms with E-state index in [-0.39, 0.29) is 5.82 Å². The summed E-state index contributed by atoms with van der Waals surface area (Å²) in [6.45, 7) is 0. The summed E-state index contributed by atoms with van der Waals surface area (Å²) in [4.78, 5) is 14.1. The number of aromatic nitrogens is 4. The zero-order valence-corrected chi connectivity index (χ0v) is 15.8. The quantitative estimate of drug-likeness (QED) is 0.355. The number of hydrogen-bond donors (Lipinski definition) is 0. The first-order valence-corrected chi connectivity index (χ1v) is 9.22. The van der Waals surface area contributed by atoms with Gasteiger partial charge in [0.15, 0.2) is 11.3 Å². The standard InChI is InChI=1S/C21H11Cl2FN4/c22-13-9-14(23)11-16(10-13)28-20(12-5-7-15(24)8-6-12)27-19-21(28)26-18-4-2-1-3-17(18)25-19/h1-11H. The van der Waals surface area contributed by atoms with Crippen LogP contribution in [0.4, 0.5) is 4.39 Å². The highest BCUT2D eigenvalue weighted by Gasteiger charge is 2.18. The highest BCUT2D eigenvalue weighted by Crippen LogP contribution is 2.31. The van der Waals surface area contributed by atoms with Gasteiger partial charge in [-0.3, -0.25) is 4.57 Å². The van der Waals surface area contributed by atoms with Gasteiger partial charge in [0.1, 0.15) is 11.6 Å². The maximum absolute atomic E-state index is 13.4. The van der Waals surface area contributed by atoms with Crippen LogP contribution < -0.4 is 0 Å². The van der Waals surface area contributed by atoms with E-state index in [1.54, 1.807) is 30.3 Å². The first-order chi connectivity index (χ1) is 13.6. The van der Waals surface area contributed by atoms with Crippen LogP contribution in [-0.4, -0.2) is 19.5 Å². The van der Waals surface area contributed by atoms with Crippen LogP contribution in [0.15, 0.2) is 66.7 Å². The van der Waals surface area contributed by atoms with Crippen LogP contribution >= 0.6 is 23.2 Å². The zero-order chi connectivity index (χ0) is 19.3. The van der Waals surface area contributed by atoms with Crippen LogP contribution in [0.1, 0.15) is 0 Å². The summed E-state index contributed by atoms with van der Waals surface area (Å²) >= 11 is 12.5. The molecule has 0 atom stereocenters. The number of rotatable bonds is 2. The number of halogens is 3. The van der Waals surface area contributed by atoms with Crippen LogP contribution in [0, 0.1) is 5.82 Å². The number of hydrogen-bond acceptors (Lipinski definition) is 3. The van der Waals surface area contributed by atoms with Gasteiger partial charge in [-0.15, -0.1) is 0 Å². The van der Waals surface area contributed by atoms with Crippen molar-refractivity contribution in [3.8, 4) is 17.1 Å². The van der Waals surface area contributed by atoms with E-state index in [4.69, 9.17) is 28.2 Å². The van der Waals surface area contributed by atoms with Crippen molar-refractivity contribution in [2.75, 3.05) is 0 Å². The average Bonchev–Trinajstić information content (AvgIpc) is 3.04. The molecule has 2 aromatic heterocycles. The van der Waals surface area contributed by atoms with Crippen molar-refractivity contribution in [1.29, 1.82) is 0 Å². The summed E-state index contributed by atoms with van der Waals surface area (Å²) in [5.41, 5.74) is 3.96. The SMILES string of the molecule is Fc1ccc(-c2nc3nc4ccccc4nc3n2-c2cc(Cl)cc(Cl)c2)cc1. The van der Waals surface area contributed by atoms with Crippen molar-refractivity contribution < 1.29 is 4.39 Å². The number of para-hydroxylation sites is 2. The Morgan fingerprint density at radius 1 is 0.750 bits per heavy atom. The Morgan fingerprint density at radius 3 is 2.07 bits per heavy atom. The lowest BCUT2D eigenvalue weighted by Crippen LogP contribution is -1.99. The summed E-state index contributed by atoms with van der Waals surface area (Å²) < 4.78 is 15.3. The average molecular weight is 409 g/mol. The Labute approximate surface area is 169 Å². The van der Waals surface area contributed by atoms with E-state index in [0.717, 1.165) is 16.6 Å². The Balaban J connectivity index is 1.89. The molecular formula is C21H11Cl2FN4. The lowest BCUT2D eigenvalue weighted by molar-refractivity contribution is 0.628. The molecule has 0 unspecified atom stereocenters. The third-order valence-electron chi connectivity index (χ3n) is 4.38. The maximum atomic E-state index is 13.4. The molecule has 0 bridgehead atoms. The highest BCUT2D eigenvalue weighted by molar-refractivity contribution is 6.34. The molecule has 0 N–H and O–H groups in total. The van der Waals surface area contributed by atoms with Gasteiger partial charge in [-0.05, 0) is 54.6 Å². The van der Waals surface area contributed by atoms with Crippen molar-refractivity contribution >= 4 is 45.5 Å². The van der Waals surface area contributed by atoms with Gasteiger partial charge in [0.2, 0.25) is 0 Å². The molecule has 0 saturated heterocycles. The van der Waals surface area contributed by atoms with Crippen molar-refractivity contribution in [2.24, 2.45) is 0 Å². The van der Waals surface area contributed by atoms with Gasteiger partial charge in [0.05, 0.1) is 16.7 Å². The second-order valence-corrected chi connectivity index (χ2v) is 7.14. The van der Waals surface area contributed by atoms with E-state index in [0.29, 0.717) is 32.9 Å². The summed E-state index contributed by atoms with van der Waals surface area (Å²) in [7, 11) is 0. The van der Waals surface area contributed by atoms with Crippen molar-refractivity contribution in [3.63, 3.8) is 0 Å². The molecule has 136 valence electrons. The predicted octanol–water partition coefficient (Wildman–Crippen LogP) is 6.08. The fraction of sp³-hybridized carbons (Fsp3) is 0. The summed E-state index contributed by atoms with van der Waals surface area (Å²) in [6.07, 6.45) is 0. The first kappa shape index (κ1) is 17.1. The topological polar surface area (TPSA) is 43.6 Å². The molecule has 4 nitrogen and oxygen atoms in total. The second kappa shape index (κ2) is 6.55. The molecule has 5 aromatic rings. The molecule has 0 radical (unpaired) electrons. The monoisotopic (exact) mass is 408 g/mol. The van der Waals surface area contributed by atoms with Crippen molar-refractivity contribution in [2.45, 2.75) is 0 Å². The molecule has 0 saturated carbocycles. The molecule has 5 rings (SSSR count). The Hall–Kier alpha value is -3.02. The van der Waals surface area contributed by atoms with E-state index in [1.165, 1.54) is 12.1 Å². The minimum Gasteiger partial charge on any atom is -0.275 e. The molecule has 7 heteroatoms. The fourth-order valence-corrected chi connectivity index (χ4v) is 3.68. The van der Waals surface area contributed by atoms with Crippen LogP contribution in [0.5, 0.6) is 0 Å². The van der Waals surface area contributed by atoms with Gasteiger partial charge in [0, 0.05) is 15.6 Å². The molecule has 3 aromatic carbocycles. The summed E-state index contributed by atoms with van der Waals surface area (Å²) in [6, 6.07) is 18.9. The number of fused-ring (bicyclic) bond motifs is 2. The van der Waals surface area contributed by atoms with E-state index >= 15 is 0 Å². The third-order valence-corrected chi connectivity index (χ3v) is 4.81. The first-order valence-electron chi connectivity index (χ1n) is 8.46. The smallest absolute Gasteiger partial charge is 0.199 e. The minimum absolute atomic E-state index is 0.320. The van der Waals surface area contributed by atoms with Crippen LogP contribution in [-0.2, 0) is 0 Å². The molecule has 0 spiro atoms. The van der Waals surface area contributed by atoms with Gasteiger partial charge in [-0.2, -0.15) is 0 Å². The number of benzene rings is 3. The molecular weight excluding hydrogens is 398 g/mol. The normalized spacial score (nSPS) is 11.4. The Bertz CT molecular complexity index is 1330. The van der Waals surface area contributed by atoms with Crippen LogP contribution in [0.25, 0.3) is 39.4 Å². The van der Waals surface area contributed by atoms with Crippen molar-refractivity contribution in [1.82, 2.24) is 19.5 Å². The van der Waals surface area contributed by atoms with Gasteiger partial charge in [0.25, 0.3) is 0 Å².